The lowest BCUT2D eigenvalue weighted by molar-refractivity contribution is -0.137. The molecule has 1 aliphatic rings. The Hall–Kier alpha value is -2.72. The summed E-state index contributed by atoms with van der Waals surface area (Å²) in [5.74, 6) is -1.72. The van der Waals surface area contributed by atoms with Gasteiger partial charge in [0.1, 0.15) is 16.4 Å². The SMILES string of the molecule is [3H]C([3H])N(C)C(=O)N1CON=C1c1nn(-c2c(Cl)cc(C(F)(F)F)cc2Cl)c(N)c1S(=O)C(F)(F)F. The van der Waals surface area contributed by atoms with E-state index in [9.17, 15) is 35.3 Å². The molecule has 2 N–H and O–H groups in total. The third kappa shape index (κ3) is 4.61. The minimum atomic E-state index is -5.40. The van der Waals surface area contributed by atoms with Crippen LogP contribution in [0.5, 0.6) is 0 Å². The molecule has 34 heavy (non-hydrogen) atoms. The van der Waals surface area contributed by atoms with Crippen LogP contribution in [0, 0.1) is 0 Å². The van der Waals surface area contributed by atoms with Gasteiger partial charge in [0.25, 0.3) is 0 Å². The fourth-order valence-electron chi connectivity index (χ4n) is 2.73. The molecule has 2 aromatic rings. The van der Waals surface area contributed by atoms with E-state index < -0.39 is 85.8 Å². The second-order valence-corrected chi connectivity index (χ2v) is 8.69. The van der Waals surface area contributed by atoms with E-state index in [-0.39, 0.29) is 0 Å². The fourth-order valence-corrected chi connectivity index (χ4v) is 4.19. The van der Waals surface area contributed by atoms with Crippen LogP contribution < -0.4 is 5.73 Å². The van der Waals surface area contributed by atoms with Crippen molar-refractivity contribution in [3.8, 4) is 5.69 Å². The second kappa shape index (κ2) is 8.81. The number of alkyl halides is 6. The maximum Gasteiger partial charge on any atom is 0.476 e. The van der Waals surface area contributed by atoms with Crippen LogP contribution in [-0.4, -0.2) is 61.9 Å². The van der Waals surface area contributed by atoms with Crippen LogP contribution in [0.2, 0.25) is 10.0 Å². The van der Waals surface area contributed by atoms with Crippen LogP contribution in [0.1, 0.15) is 14.0 Å². The zero-order valence-corrected chi connectivity index (χ0v) is 18.7. The predicted molar refractivity (Wildman–Crippen MR) is 109 cm³/mol. The summed E-state index contributed by atoms with van der Waals surface area (Å²) in [5.41, 5.74) is -2.37. The van der Waals surface area contributed by atoms with Crippen molar-refractivity contribution in [2.75, 3.05) is 26.5 Å². The summed E-state index contributed by atoms with van der Waals surface area (Å²) in [5, 5.41) is 5.78. The van der Waals surface area contributed by atoms with E-state index in [1.54, 1.807) is 0 Å². The molecular weight excluding hydrogens is 541 g/mol. The van der Waals surface area contributed by atoms with Crippen molar-refractivity contribution in [1.82, 2.24) is 19.6 Å². The minimum absolute atomic E-state index is 0.421. The molecule has 1 atom stereocenters. The smallest absolute Gasteiger partial charge is 0.383 e. The van der Waals surface area contributed by atoms with Crippen molar-refractivity contribution in [3.63, 3.8) is 0 Å². The highest BCUT2D eigenvalue weighted by atomic mass is 35.5. The van der Waals surface area contributed by atoms with Gasteiger partial charge in [-0.05, 0) is 12.1 Å². The van der Waals surface area contributed by atoms with Gasteiger partial charge in [-0.3, -0.25) is 0 Å². The number of hydrogen-bond donors (Lipinski definition) is 1. The number of amides is 2. The van der Waals surface area contributed by atoms with Crippen LogP contribution in [0.15, 0.2) is 22.2 Å². The number of hydrogen-bond acceptors (Lipinski definition) is 6. The van der Waals surface area contributed by atoms with E-state index in [0.29, 0.717) is 26.6 Å². The molecule has 0 saturated carbocycles. The fraction of sp³-hybridized carbons (Fsp3) is 0.312. The van der Waals surface area contributed by atoms with Crippen LogP contribution in [0.25, 0.3) is 5.69 Å². The number of amidine groups is 1. The maximum atomic E-state index is 13.4. The second-order valence-electron chi connectivity index (χ2n) is 6.47. The van der Waals surface area contributed by atoms with Gasteiger partial charge >= 0.3 is 17.7 Å². The monoisotopic (exact) mass is 556 g/mol. The first-order valence-electron chi connectivity index (χ1n) is 9.65. The summed E-state index contributed by atoms with van der Waals surface area (Å²) in [6.07, 6.45) is -4.87. The number of benzene rings is 1. The standard InChI is InChI=1S/C16H12Cl2F6N6O3S/c1-28(2)14(31)29-5-33-27-13(29)9-11(34(32)16(22,23)24)12(25)30(26-9)10-7(17)3-6(4-8(10)18)15(19,20)21/h3-4H,5,25H2,1-2H3/i1T2. The summed E-state index contributed by atoms with van der Waals surface area (Å²) in [6.45, 7) is -2.52. The number of rotatable bonds is 3. The summed E-state index contributed by atoms with van der Waals surface area (Å²) in [4.78, 5) is 17.2. The summed E-state index contributed by atoms with van der Waals surface area (Å²) in [7, 11) is -2.85. The molecule has 0 saturated heterocycles. The molecule has 186 valence electrons. The van der Waals surface area contributed by atoms with E-state index >= 15 is 0 Å². The first kappa shape index (κ1) is 23.0. The van der Waals surface area contributed by atoms with E-state index in [2.05, 4.69) is 10.3 Å². The molecule has 3 rings (SSSR count). The van der Waals surface area contributed by atoms with Crippen molar-refractivity contribution in [2.45, 2.75) is 16.6 Å². The molecule has 2 heterocycles. The molecule has 2 amide bonds. The highest BCUT2D eigenvalue weighted by Crippen LogP contribution is 2.40. The number of oxime groups is 1. The van der Waals surface area contributed by atoms with Crippen LogP contribution in [-0.2, 0) is 21.8 Å². The first-order chi connectivity index (χ1) is 16.5. The Morgan fingerprint density at radius 1 is 1.26 bits per heavy atom. The van der Waals surface area contributed by atoms with Crippen LogP contribution >= 0.6 is 23.2 Å². The van der Waals surface area contributed by atoms with Gasteiger partial charge in [0.05, 0.1) is 15.6 Å². The molecule has 9 nitrogen and oxygen atoms in total. The molecule has 1 unspecified atom stereocenters. The Labute approximate surface area is 201 Å². The van der Waals surface area contributed by atoms with Gasteiger partial charge in [0.2, 0.25) is 5.84 Å². The number of aromatic nitrogens is 2. The average molecular weight is 557 g/mol. The van der Waals surface area contributed by atoms with Crippen LogP contribution in [0.3, 0.4) is 0 Å². The third-order valence-corrected chi connectivity index (χ3v) is 5.94. The number of halogens is 8. The molecule has 1 aromatic heterocycles. The first-order valence-corrected chi connectivity index (χ1v) is 10.4. The number of nitrogens with two attached hydrogens (primary N) is 1. The number of carbonyl (C=O) groups is 1. The maximum absolute atomic E-state index is 13.4. The quantitative estimate of drug-likeness (QED) is 0.574. The molecule has 0 radical (unpaired) electrons. The average Bonchev–Trinajstić information content (AvgIpc) is 3.35. The van der Waals surface area contributed by atoms with Gasteiger partial charge in [0.15, 0.2) is 23.2 Å². The topological polar surface area (TPSA) is 106 Å². The van der Waals surface area contributed by atoms with E-state index in [1.165, 1.54) is 0 Å². The Bertz CT molecular complexity index is 1250. The van der Waals surface area contributed by atoms with Gasteiger partial charge in [0, 0.05) is 16.8 Å². The minimum Gasteiger partial charge on any atom is -0.383 e. The highest BCUT2D eigenvalue weighted by Gasteiger charge is 2.45. The van der Waals surface area contributed by atoms with Gasteiger partial charge < -0.3 is 15.5 Å². The summed E-state index contributed by atoms with van der Waals surface area (Å²) in [6, 6.07) is -0.273. The number of nitrogens with zero attached hydrogens (tertiary/aromatic N) is 5. The lowest BCUT2D eigenvalue weighted by atomic mass is 10.2. The molecule has 0 spiro atoms. The molecule has 1 aromatic carbocycles. The predicted octanol–water partition coefficient (Wildman–Crippen LogP) is 4.04. The van der Waals surface area contributed by atoms with Gasteiger partial charge in [-0.2, -0.15) is 31.4 Å². The number of carbonyl (C=O) groups excluding carboxylic acids is 1. The Kier molecular flexibility index (Phi) is 5.97. The largest absolute Gasteiger partial charge is 0.476 e. The van der Waals surface area contributed by atoms with E-state index in [0.717, 1.165) is 7.05 Å². The molecule has 18 heteroatoms. The zero-order chi connectivity index (χ0) is 27.3. The van der Waals surface area contributed by atoms with Crippen molar-refractivity contribution in [1.29, 1.82) is 0 Å². The van der Waals surface area contributed by atoms with Gasteiger partial charge in [-0.1, -0.05) is 28.4 Å². The summed E-state index contributed by atoms with van der Waals surface area (Å²) >= 11 is 11.9. The Morgan fingerprint density at radius 2 is 1.85 bits per heavy atom. The molecule has 0 bridgehead atoms. The normalized spacial score (nSPS) is 16.2. The van der Waals surface area contributed by atoms with Gasteiger partial charge in [-0.15, -0.1) is 0 Å². The lowest BCUT2D eigenvalue weighted by Gasteiger charge is -2.19. The number of nitrogen functional groups attached to an aromatic ring is 1. The highest BCUT2D eigenvalue weighted by molar-refractivity contribution is 7.86. The third-order valence-electron chi connectivity index (χ3n) is 4.17. The molecule has 0 fully saturated rings. The molecule has 0 aliphatic carbocycles. The number of urea groups is 1. The Morgan fingerprint density at radius 3 is 2.35 bits per heavy atom. The molecular formula is C16H12Cl2F6N6O3S. The number of anilines is 1. The zero-order valence-electron chi connectivity index (χ0n) is 18.4. The van der Waals surface area contributed by atoms with E-state index in [1.807, 2.05) is 0 Å². The lowest BCUT2D eigenvalue weighted by Crippen LogP contribution is -2.42. The van der Waals surface area contributed by atoms with Crippen molar-refractivity contribution >= 4 is 51.7 Å². The van der Waals surface area contributed by atoms with E-state index in [4.69, 9.17) is 36.5 Å². The summed E-state index contributed by atoms with van der Waals surface area (Å²) < 4.78 is 107. The van der Waals surface area contributed by atoms with Crippen LogP contribution in [0.4, 0.5) is 37.0 Å². The molecule has 1 aliphatic heterocycles. The Balaban J connectivity index is 2.26. The van der Waals surface area contributed by atoms with Crippen molar-refractivity contribution in [3.05, 3.63) is 33.4 Å². The van der Waals surface area contributed by atoms with Crippen molar-refractivity contribution in [2.24, 2.45) is 5.16 Å². The van der Waals surface area contributed by atoms with Crippen molar-refractivity contribution < 1.29 is 42.9 Å². The van der Waals surface area contributed by atoms with Gasteiger partial charge in [-0.25, -0.2) is 18.6 Å².